The van der Waals surface area contributed by atoms with Gasteiger partial charge in [0.25, 0.3) is 7.37 Å². The molecule has 44 valence electrons. The van der Waals surface area contributed by atoms with Gasteiger partial charge in [0.05, 0.1) is 0 Å². The minimum Gasteiger partial charge on any atom is -0.573 e. The Labute approximate surface area is 55.9 Å². The van der Waals surface area contributed by atoms with Gasteiger partial charge in [0.1, 0.15) is 13.5 Å². The Hall–Kier alpha value is -0.920. The van der Waals surface area contributed by atoms with E-state index in [0.29, 0.717) is 7.37 Å². The summed E-state index contributed by atoms with van der Waals surface area (Å²) >= 11 is 0. The van der Waals surface area contributed by atoms with Gasteiger partial charge in [0.2, 0.25) is 0 Å². The van der Waals surface area contributed by atoms with E-state index in [4.69, 9.17) is 4.65 Å². The maximum Gasteiger partial charge on any atom is 0.290 e. The average molecular weight is 119 g/mol. The molecule has 2 nitrogen and oxygen atoms in total. The zero-order valence-corrected chi connectivity index (χ0v) is 5.37. The Kier molecular flexibility index (Phi) is 2.19. The van der Waals surface area contributed by atoms with E-state index in [-0.39, 0.29) is 0 Å². The smallest absolute Gasteiger partial charge is 0.290 e. The molecule has 1 aromatic rings. The maximum absolute atomic E-state index is 5.17. The fraction of sp³-hybridized carbons (Fsp3) is 0. The van der Waals surface area contributed by atoms with Crippen LogP contribution in [0.2, 0.25) is 0 Å². The van der Waals surface area contributed by atoms with E-state index in [1.165, 1.54) is 0 Å². The van der Waals surface area contributed by atoms with Crippen LogP contribution in [0.25, 0.3) is 0 Å². The van der Waals surface area contributed by atoms with Crippen LogP contribution in [0.5, 0.6) is 5.75 Å². The van der Waals surface area contributed by atoms with E-state index in [9.17, 15) is 0 Å². The van der Waals surface area contributed by atoms with Crippen molar-refractivity contribution in [3.8, 4) is 5.75 Å². The lowest BCUT2D eigenvalue weighted by Gasteiger charge is -1.99. The number of hydrogen-bond donors (Lipinski definition) is 0. The molecule has 4 heteroatoms. The summed E-state index contributed by atoms with van der Waals surface area (Å²) in [5.74, 6) is 0.882. The van der Waals surface area contributed by atoms with Crippen LogP contribution in [0.3, 0.4) is 0 Å². The van der Waals surface area contributed by atoms with E-state index in [1.807, 2.05) is 19.9 Å². The first-order chi connectivity index (χ1) is 4.43. The van der Waals surface area contributed by atoms with Gasteiger partial charge in [-0.15, -0.1) is 0 Å². The summed E-state index contributed by atoms with van der Waals surface area (Å²) in [6.07, 6.45) is 3.43. The van der Waals surface area contributed by atoms with Crippen molar-refractivity contribution < 1.29 is 4.65 Å². The second-order valence-electron chi connectivity index (χ2n) is 1.62. The van der Waals surface area contributed by atoms with E-state index in [0.717, 1.165) is 5.75 Å². The fourth-order valence-corrected chi connectivity index (χ4v) is 0.601. The van der Waals surface area contributed by atoms with Crippen molar-refractivity contribution in [3.05, 3.63) is 24.5 Å². The highest BCUT2D eigenvalue weighted by molar-refractivity contribution is 6.85. The fourth-order valence-electron chi connectivity index (χ4n) is 0.601. The van der Waals surface area contributed by atoms with Gasteiger partial charge in [-0.3, -0.25) is 4.98 Å². The van der Waals surface area contributed by atoms with Gasteiger partial charge in [-0.2, -0.15) is 0 Å². The van der Waals surface area contributed by atoms with Crippen molar-refractivity contribution in [1.82, 2.24) is 4.98 Å². The average Bonchev–Trinajstić information content (AvgIpc) is 1.91. The molecule has 0 bridgehead atoms. The number of pyridine rings is 1. The molecule has 0 aliphatic heterocycles. The maximum atomic E-state index is 5.17. The summed E-state index contributed by atoms with van der Waals surface area (Å²) in [5, 5.41) is 0. The van der Waals surface area contributed by atoms with Crippen LogP contribution in [0.4, 0.5) is 0 Å². The number of rotatable bonds is 2. The minimum absolute atomic E-state index is 0.712. The Morgan fingerprint density at radius 2 is 2.11 bits per heavy atom. The van der Waals surface area contributed by atoms with Crippen molar-refractivity contribution in [2.75, 3.05) is 0 Å². The first-order valence-corrected chi connectivity index (χ1v) is 2.96. The van der Waals surface area contributed by atoms with Crippen LogP contribution < -0.4 is 4.65 Å². The predicted molar refractivity (Wildman–Crippen MR) is 40.6 cm³/mol. The molecule has 0 saturated carbocycles. The molecule has 1 heterocycles. The molecule has 0 N–H and O–H groups in total. The highest BCUT2D eigenvalue weighted by atomic mass is 16.4. The summed E-state index contributed by atoms with van der Waals surface area (Å²) in [7, 11) is 2.67. The van der Waals surface area contributed by atoms with Crippen molar-refractivity contribution >= 4 is 15.1 Å². The Bertz CT molecular complexity index is 168. The molecule has 1 aromatic heterocycles. The standard InChI is InChI=1S/C5H7B2NO/c6-7-9-5-1-3-8-4-2-5/h1-4,7H,6H2. The summed E-state index contributed by atoms with van der Waals surface area (Å²) in [6, 6.07) is 3.67. The lowest BCUT2D eigenvalue weighted by molar-refractivity contribution is 0.608. The molecule has 0 atom stereocenters. The summed E-state index contributed by atoms with van der Waals surface area (Å²) in [4.78, 5) is 3.85. The SMILES string of the molecule is BBOc1ccncc1. The van der Waals surface area contributed by atoms with Crippen LogP contribution in [-0.2, 0) is 0 Å². The molecule has 0 aliphatic carbocycles. The molecular formula is C5H7B2NO. The lowest BCUT2D eigenvalue weighted by atomic mass is 9.72. The Morgan fingerprint density at radius 1 is 1.44 bits per heavy atom. The third-order valence-corrected chi connectivity index (χ3v) is 0.961. The molecule has 0 saturated heterocycles. The zero-order chi connectivity index (χ0) is 6.53. The third-order valence-electron chi connectivity index (χ3n) is 0.961. The van der Waals surface area contributed by atoms with Gasteiger partial charge in [-0.1, -0.05) is 0 Å². The zero-order valence-electron chi connectivity index (χ0n) is 5.37. The molecule has 1 rings (SSSR count). The summed E-state index contributed by atoms with van der Waals surface area (Å²) in [6.45, 7) is 0. The van der Waals surface area contributed by atoms with Gasteiger partial charge >= 0.3 is 0 Å². The largest absolute Gasteiger partial charge is 0.573 e. The molecule has 9 heavy (non-hydrogen) atoms. The van der Waals surface area contributed by atoms with Crippen molar-refractivity contribution in [2.24, 2.45) is 0 Å². The molecular weight excluding hydrogens is 112 g/mol. The topological polar surface area (TPSA) is 22.1 Å². The number of nitrogens with zero attached hydrogens (tertiary/aromatic N) is 1. The molecule has 0 fully saturated rings. The Balaban J connectivity index is 2.61. The minimum atomic E-state index is 0.712. The van der Waals surface area contributed by atoms with Gasteiger partial charge in [-0.25, -0.2) is 0 Å². The van der Waals surface area contributed by atoms with Crippen molar-refractivity contribution in [3.63, 3.8) is 0 Å². The van der Waals surface area contributed by atoms with Gasteiger partial charge in [-0.05, 0) is 12.1 Å². The van der Waals surface area contributed by atoms with Gasteiger partial charge < -0.3 is 4.65 Å². The van der Waals surface area contributed by atoms with Crippen LogP contribution in [0.1, 0.15) is 0 Å². The molecule has 0 unspecified atom stereocenters. The highest BCUT2D eigenvalue weighted by Crippen LogP contribution is 2.04. The van der Waals surface area contributed by atoms with E-state index >= 15 is 0 Å². The lowest BCUT2D eigenvalue weighted by Crippen LogP contribution is -2.00. The second-order valence-corrected chi connectivity index (χ2v) is 1.62. The second kappa shape index (κ2) is 3.17. The number of hydrogen-bond acceptors (Lipinski definition) is 2. The quantitative estimate of drug-likeness (QED) is 0.483. The van der Waals surface area contributed by atoms with Gasteiger partial charge in [0, 0.05) is 12.4 Å². The highest BCUT2D eigenvalue weighted by Gasteiger charge is 1.85. The monoisotopic (exact) mass is 119 g/mol. The van der Waals surface area contributed by atoms with Crippen molar-refractivity contribution in [2.45, 2.75) is 0 Å². The van der Waals surface area contributed by atoms with Crippen molar-refractivity contribution in [1.29, 1.82) is 0 Å². The first kappa shape index (κ1) is 6.20. The summed E-state index contributed by atoms with van der Waals surface area (Å²) < 4.78 is 5.17. The molecule has 0 amide bonds. The van der Waals surface area contributed by atoms with Crippen LogP contribution in [-0.4, -0.2) is 20.1 Å². The predicted octanol–water partition coefficient (Wildman–Crippen LogP) is -0.640. The van der Waals surface area contributed by atoms with E-state index in [2.05, 4.69) is 4.98 Å². The van der Waals surface area contributed by atoms with Gasteiger partial charge in [0.15, 0.2) is 0 Å². The molecule has 0 spiro atoms. The summed E-state index contributed by atoms with van der Waals surface area (Å²) in [5.41, 5.74) is 0. The molecule has 0 aliphatic rings. The molecule has 0 radical (unpaired) electrons. The Morgan fingerprint density at radius 3 is 2.67 bits per heavy atom. The van der Waals surface area contributed by atoms with E-state index in [1.54, 1.807) is 12.4 Å². The first-order valence-electron chi connectivity index (χ1n) is 2.96. The van der Waals surface area contributed by atoms with E-state index < -0.39 is 0 Å². The third kappa shape index (κ3) is 1.80. The van der Waals surface area contributed by atoms with Crippen LogP contribution in [0.15, 0.2) is 24.5 Å². The molecule has 0 aromatic carbocycles. The van der Waals surface area contributed by atoms with Crippen LogP contribution in [0, 0.1) is 0 Å². The number of aromatic nitrogens is 1. The normalized spacial score (nSPS) is 8.44. The van der Waals surface area contributed by atoms with Crippen LogP contribution >= 0.6 is 0 Å².